The number of anilines is 2. The van der Waals surface area contributed by atoms with Crippen molar-refractivity contribution in [2.75, 3.05) is 11.1 Å². The van der Waals surface area contributed by atoms with Crippen LogP contribution in [-0.4, -0.2) is 6.10 Å². The molecule has 1 aromatic heterocycles. The van der Waals surface area contributed by atoms with Gasteiger partial charge in [0.2, 0.25) is 0 Å². The maximum Gasteiger partial charge on any atom is 0.167 e. The first kappa shape index (κ1) is 15.2. The van der Waals surface area contributed by atoms with Crippen molar-refractivity contribution < 1.29 is 13.5 Å². The van der Waals surface area contributed by atoms with Crippen LogP contribution in [0, 0.1) is 12.7 Å². The molecule has 0 spiro atoms. The summed E-state index contributed by atoms with van der Waals surface area (Å²) < 4.78 is 24.8. The maximum atomic E-state index is 13.8. The summed E-state index contributed by atoms with van der Waals surface area (Å²) in [6.45, 7) is 7.52. The van der Waals surface area contributed by atoms with Gasteiger partial charge in [-0.2, -0.15) is 0 Å². The standard InChI is InChI=1S/C16H21FN2O2/c1-9(2)20-16-8-14(13(18)7-12(16)17)19-11(4)15-6-5-10(3)21-15/h5-9,11,19H,18H2,1-4H3. The molecule has 0 amide bonds. The largest absolute Gasteiger partial charge is 0.488 e. The van der Waals surface area contributed by atoms with Gasteiger partial charge in [0.25, 0.3) is 0 Å². The van der Waals surface area contributed by atoms with Gasteiger partial charge in [-0.15, -0.1) is 0 Å². The molecule has 4 nitrogen and oxygen atoms in total. The number of nitrogens with one attached hydrogen (secondary N) is 1. The van der Waals surface area contributed by atoms with Crippen molar-refractivity contribution in [2.45, 2.75) is 39.8 Å². The van der Waals surface area contributed by atoms with Crippen LogP contribution in [0.1, 0.15) is 38.3 Å². The second-order valence-corrected chi connectivity index (χ2v) is 5.35. The normalized spacial score (nSPS) is 12.5. The monoisotopic (exact) mass is 292 g/mol. The zero-order valence-corrected chi connectivity index (χ0v) is 12.7. The molecular formula is C16H21FN2O2. The molecule has 0 aliphatic carbocycles. The SMILES string of the molecule is Cc1ccc(C(C)Nc2cc(OC(C)C)c(F)cc2N)o1. The van der Waals surface area contributed by atoms with Crippen molar-refractivity contribution in [1.29, 1.82) is 0 Å². The van der Waals surface area contributed by atoms with E-state index in [4.69, 9.17) is 14.9 Å². The topological polar surface area (TPSA) is 60.4 Å². The molecule has 5 heteroatoms. The van der Waals surface area contributed by atoms with E-state index in [1.165, 1.54) is 6.07 Å². The van der Waals surface area contributed by atoms with Gasteiger partial charge in [0, 0.05) is 12.1 Å². The van der Waals surface area contributed by atoms with Gasteiger partial charge in [-0.05, 0) is 39.8 Å². The molecule has 114 valence electrons. The summed E-state index contributed by atoms with van der Waals surface area (Å²) in [7, 11) is 0. The third-order valence-electron chi connectivity index (χ3n) is 3.03. The summed E-state index contributed by atoms with van der Waals surface area (Å²) in [5, 5.41) is 3.22. The first-order chi connectivity index (χ1) is 9.86. The number of nitrogens with two attached hydrogens (primary N) is 1. The third kappa shape index (κ3) is 3.68. The Labute approximate surface area is 124 Å². The van der Waals surface area contributed by atoms with Crippen molar-refractivity contribution >= 4 is 11.4 Å². The predicted molar refractivity (Wildman–Crippen MR) is 82.1 cm³/mol. The van der Waals surface area contributed by atoms with E-state index in [0.29, 0.717) is 11.4 Å². The molecule has 21 heavy (non-hydrogen) atoms. The van der Waals surface area contributed by atoms with Crippen LogP contribution in [0.15, 0.2) is 28.7 Å². The van der Waals surface area contributed by atoms with E-state index in [2.05, 4.69) is 5.32 Å². The van der Waals surface area contributed by atoms with Crippen molar-refractivity contribution in [3.8, 4) is 5.75 Å². The van der Waals surface area contributed by atoms with E-state index in [9.17, 15) is 4.39 Å². The summed E-state index contributed by atoms with van der Waals surface area (Å²) in [5.74, 6) is 1.36. The van der Waals surface area contributed by atoms with Gasteiger partial charge in [-0.3, -0.25) is 0 Å². The molecule has 0 aliphatic heterocycles. The van der Waals surface area contributed by atoms with Crippen LogP contribution in [0.25, 0.3) is 0 Å². The molecule has 2 rings (SSSR count). The number of hydrogen-bond acceptors (Lipinski definition) is 4. The third-order valence-corrected chi connectivity index (χ3v) is 3.03. The van der Waals surface area contributed by atoms with E-state index in [0.717, 1.165) is 11.5 Å². The second kappa shape index (κ2) is 6.08. The van der Waals surface area contributed by atoms with Crippen LogP contribution in [0.4, 0.5) is 15.8 Å². The van der Waals surface area contributed by atoms with Crippen LogP contribution in [-0.2, 0) is 0 Å². The van der Waals surface area contributed by atoms with Gasteiger partial charge >= 0.3 is 0 Å². The lowest BCUT2D eigenvalue weighted by Gasteiger charge is -2.18. The highest BCUT2D eigenvalue weighted by Crippen LogP contribution is 2.31. The quantitative estimate of drug-likeness (QED) is 0.808. The Balaban J connectivity index is 2.22. The van der Waals surface area contributed by atoms with E-state index in [1.807, 2.05) is 39.8 Å². The zero-order valence-electron chi connectivity index (χ0n) is 12.7. The van der Waals surface area contributed by atoms with Crippen molar-refractivity contribution in [2.24, 2.45) is 0 Å². The van der Waals surface area contributed by atoms with Gasteiger partial charge in [-0.25, -0.2) is 4.39 Å². The maximum absolute atomic E-state index is 13.8. The number of ether oxygens (including phenoxy) is 1. The Morgan fingerprint density at radius 1 is 1.24 bits per heavy atom. The van der Waals surface area contributed by atoms with Crippen LogP contribution in [0.2, 0.25) is 0 Å². The average molecular weight is 292 g/mol. The fourth-order valence-corrected chi connectivity index (χ4v) is 2.03. The number of hydrogen-bond donors (Lipinski definition) is 2. The van der Waals surface area contributed by atoms with E-state index in [-0.39, 0.29) is 17.9 Å². The van der Waals surface area contributed by atoms with Crippen LogP contribution < -0.4 is 15.8 Å². The van der Waals surface area contributed by atoms with Gasteiger partial charge in [0.15, 0.2) is 11.6 Å². The highest BCUT2D eigenvalue weighted by atomic mass is 19.1. The Kier molecular flexibility index (Phi) is 4.40. The smallest absolute Gasteiger partial charge is 0.167 e. The highest BCUT2D eigenvalue weighted by Gasteiger charge is 2.14. The van der Waals surface area contributed by atoms with Gasteiger partial charge in [0.05, 0.1) is 23.5 Å². The first-order valence-corrected chi connectivity index (χ1v) is 6.95. The summed E-state index contributed by atoms with van der Waals surface area (Å²) in [6.07, 6.45) is -0.110. The number of benzene rings is 1. The molecule has 1 atom stereocenters. The first-order valence-electron chi connectivity index (χ1n) is 6.95. The lowest BCUT2D eigenvalue weighted by Crippen LogP contribution is -2.11. The Bertz CT molecular complexity index is 623. The Morgan fingerprint density at radius 3 is 2.52 bits per heavy atom. The van der Waals surface area contributed by atoms with E-state index >= 15 is 0 Å². The molecule has 1 heterocycles. The van der Waals surface area contributed by atoms with Crippen LogP contribution >= 0.6 is 0 Å². The van der Waals surface area contributed by atoms with Gasteiger partial charge in [-0.1, -0.05) is 0 Å². The highest BCUT2D eigenvalue weighted by molar-refractivity contribution is 5.69. The van der Waals surface area contributed by atoms with Crippen molar-refractivity contribution in [1.82, 2.24) is 0 Å². The number of nitrogen functional groups attached to an aromatic ring is 1. The number of rotatable bonds is 5. The van der Waals surface area contributed by atoms with Crippen LogP contribution in [0.5, 0.6) is 5.75 Å². The van der Waals surface area contributed by atoms with Gasteiger partial charge in [0.1, 0.15) is 11.5 Å². The second-order valence-electron chi connectivity index (χ2n) is 5.35. The molecule has 0 aliphatic rings. The molecule has 0 bridgehead atoms. The van der Waals surface area contributed by atoms with Crippen molar-refractivity contribution in [3.05, 3.63) is 41.6 Å². The fourth-order valence-electron chi connectivity index (χ4n) is 2.03. The molecule has 3 N–H and O–H groups in total. The summed E-state index contributed by atoms with van der Waals surface area (Å²) in [5.41, 5.74) is 6.82. The lowest BCUT2D eigenvalue weighted by atomic mass is 10.2. The molecule has 0 radical (unpaired) electrons. The molecule has 0 saturated heterocycles. The van der Waals surface area contributed by atoms with E-state index in [1.54, 1.807) is 6.07 Å². The fraction of sp³-hybridized carbons (Fsp3) is 0.375. The van der Waals surface area contributed by atoms with E-state index < -0.39 is 5.82 Å². The Morgan fingerprint density at radius 2 is 1.95 bits per heavy atom. The molecule has 0 saturated carbocycles. The minimum atomic E-state index is -0.465. The minimum Gasteiger partial charge on any atom is -0.488 e. The summed E-state index contributed by atoms with van der Waals surface area (Å²) >= 11 is 0. The number of halogens is 1. The van der Waals surface area contributed by atoms with Crippen molar-refractivity contribution in [3.63, 3.8) is 0 Å². The summed E-state index contributed by atoms with van der Waals surface area (Å²) in [4.78, 5) is 0. The molecule has 2 aromatic rings. The zero-order chi connectivity index (χ0) is 15.6. The summed E-state index contributed by atoms with van der Waals surface area (Å²) in [6, 6.07) is 6.56. The van der Waals surface area contributed by atoms with Crippen LogP contribution in [0.3, 0.4) is 0 Å². The predicted octanol–water partition coefficient (Wildman–Crippen LogP) is 4.27. The number of furan rings is 1. The lowest BCUT2D eigenvalue weighted by molar-refractivity contribution is 0.231. The molecule has 1 aromatic carbocycles. The molecule has 0 fully saturated rings. The minimum absolute atomic E-state index is 0.0849. The Hall–Kier alpha value is -2.17. The van der Waals surface area contributed by atoms with Gasteiger partial charge < -0.3 is 20.2 Å². The number of aryl methyl sites for hydroxylation is 1. The average Bonchev–Trinajstić information content (AvgIpc) is 2.81. The molecular weight excluding hydrogens is 271 g/mol. The molecule has 1 unspecified atom stereocenters.